The quantitative estimate of drug-likeness (QED) is 0.576. The Bertz CT molecular complexity index is 826. The van der Waals surface area contributed by atoms with Crippen molar-refractivity contribution in [1.82, 2.24) is 9.21 Å². The van der Waals surface area contributed by atoms with Gasteiger partial charge in [-0.05, 0) is 45.1 Å². The predicted octanol–water partition coefficient (Wildman–Crippen LogP) is 2.54. The number of nitro benzene ring substituents is 1. The molecule has 2 aliphatic rings. The normalized spacial score (nSPS) is 24.6. The number of amides is 1. The third-order valence-electron chi connectivity index (χ3n) is 5.47. The highest BCUT2D eigenvalue weighted by Gasteiger charge is 2.42. The molecular formula is C18H25N3O5S. The Morgan fingerprint density at radius 3 is 2.48 bits per heavy atom. The van der Waals surface area contributed by atoms with Crippen molar-refractivity contribution < 1.29 is 18.1 Å². The molecule has 1 aromatic rings. The van der Waals surface area contributed by atoms with Gasteiger partial charge in [-0.15, -0.1) is 0 Å². The van der Waals surface area contributed by atoms with Crippen LogP contribution < -0.4 is 0 Å². The fourth-order valence-corrected chi connectivity index (χ4v) is 5.82. The molecule has 2 saturated heterocycles. The molecule has 9 heteroatoms. The van der Waals surface area contributed by atoms with E-state index in [0.717, 1.165) is 25.7 Å². The number of benzene rings is 1. The van der Waals surface area contributed by atoms with Gasteiger partial charge in [-0.2, -0.15) is 4.31 Å². The number of hydrogen-bond acceptors (Lipinski definition) is 5. The summed E-state index contributed by atoms with van der Waals surface area (Å²) in [5, 5.41) is 11.3. The van der Waals surface area contributed by atoms with Gasteiger partial charge in [0.2, 0.25) is 5.91 Å². The summed E-state index contributed by atoms with van der Waals surface area (Å²) < 4.78 is 27.7. The number of rotatable bonds is 4. The van der Waals surface area contributed by atoms with E-state index in [0.29, 0.717) is 19.4 Å². The van der Waals surface area contributed by atoms with Crippen molar-refractivity contribution in [2.75, 3.05) is 13.1 Å². The topological polar surface area (TPSA) is 101 Å². The van der Waals surface area contributed by atoms with Gasteiger partial charge in [0.1, 0.15) is 6.04 Å². The number of nitrogens with zero attached hydrogens (tertiary/aromatic N) is 3. The van der Waals surface area contributed by atoms with Crippen molar-refractivity contribution in [3.8, 4) is 0 Å². The van der Waals surface area contributed by atoms with Gasteiger partial charge in [0.25, 0.3) is 15.7 Å². The molecule has 3 rings (SSSR count). The van der Waals surface area contributed by atoms with E-state index in [2.05, 4.69) is 0 Å². The summed E-state index contributed by atoms with van der Waals surface area (Å²) in [5.41, 5.74) is -0.458. The number of carbonyl (C=O) groups excluding carboxylic acids is 1. The molecule has 148 valence electrons. The van der Waals surface area contributed by atoms with Crippen LogP contribution in [0.2, 0.25) is 0 Å². The zero-order valence-corrected chi connectivity index (χ0v) is 16.2. The maximum Gasteiger partial charge on any atom is 0.289 e. The van der Waals surface area contributed by atoms with Crippen LogP contribution in [0.4, 0.5) is 5.69 Å². The Balaban J connectivity index is 1.95. The lowest BCUT2D eigenvalue weighted by molar-refractivity contribution is -0.387. The summed E-state index contributed by atoms with van der Waals surface area (Å²) in [6.07, 6.45) is 4.74. The third kappa shape index (κ3) is 3.84. The van der Waals surface area contributed by atoms with Crippen LogP contribution in [-0.4, -0.2) is 53.6 Å². The number of piperidine rings is 2. The van der Waals surface area contributed by atoms with Crippen molar-refractivity contribution in [1.29, 1.82) is 0 Å². The Kier molecular flexibility index (Phi) is 5.81. The molecule has 27 heavy (non-hydrogen) atoms. The van der Waals surface area contributed by atoms with E-state index < -0.39 is 26.7 Å². The highest BCUT2D eigenvalue weighted by atomic mass is 32.2. The first-order valence-corrected chi connectivity index (χ1v) is 10.8. The average molecular weight is 395 g/mol. The minimum absolute atomic E-state index is 0.0868. The third-order valence-corrected chi connectivity index (χ3v) is 7.43. The van der Waals surface area contributed by atoms with E-state index in [1.807, 2.05) is 6.92 Å². The van der Waals surface area contributed by atoms with Crippen LogP contribution in [-0.2, 0) is 14.8 Å². The lowest BCUT2D eigenvalue weighted by atomic mass is 9.99. The summed E-state index contributed by atoms with van der Waals surface area (Å²) in [6.45, 7) is 2.82. The van der Waals surface area contributed by atoms with Gasteiger partial charge >= 0.3 is 0 Å². The van der Waals surface area contributed by atoms with Crippen LogP contribution in [0.25, 0.3) is 0 Å². The number of hydrogen-bond donors (Lipinski definition) is 0. The highest BCUT2D eigenvalue weighted by Crippen LogP contribution is 2.32. The van der Waals surface area contributed by atoms with Gasteiger partial charge in [-0.1, -0.05) is 18.6 Å². The number of carbonyl (C=O) groups is 1. The van der Waals surface area contributed by atoms with Crippen LogP contribution in [0.15, 0.2) is 29.2 Å². The Morgan fingerprint density at radius 2 is 1.78 bits per heavy atom. The fraction of sp³-hybridized carbons (Fsp3) is 0.611. The highest BCUT2D eigenvalue weighted by molar-refractivity contribution is 7.89. The lowest BCUT2D eigenvalue weighted by Gasteiger charge is -2.40. The van der Waals surface area contributed by atoms with Gasteiger partial charge in [0.05, 0.1) is 4.92 Å². The molecule has 0 saturated carbocycles. The summed E-state index contributed by atoms with van der Waals surface area (Å²) in [6, 6.07) is 4.62. The molecule has 0 N–H and O–H groups in total. The maximum absolute atomic E-state index is 13.2. The summed E-state index contributed by atoms with van der Waals surface area (Å²) in [4.78, 5) is 25.2. The number of likely N-dealkylation sites (tertiary alicyclic amines) is 1. The Morgan fingerprint density at radius 1 is 1.11 bits per heavy atom. The molecular weight excluding hydrogens is 370 g/mol. The molecule has 2 heterocycles. The van der Waals surface area contributed by atoms with Crippen LogP contribution in [0.5, 0.6) is 0 Å². The van der Waals surface area contributed by atoms with Crippen LogP contribution in [0, 0.1) is 10.1 Å². The molecule has 0 radical (unpaired) electrons. The summed E-state index contributed by atoms with van der Waals surface area (Å²) in [5.74, 6) is -0.177. The van der Waals surface area contributed by atoms with Crippen LogP contribution in [0.3, 0.4) is 0 Å². The minimum atomic E-state index is -4.14. The monoisotopic (exact) mass is 395 g/mol. The van der Waals surface area contributed by atoms with Gasteiger partial charge in [0, 0.05) is 25.2 Å². The zero-order chi connectivity index (χ0) is 19.6. The molecule has 8 nitrogen and oxygen atoms in total. The molecule has 1 aromatic carbocycles. The zero-order valence-electron chi connectivity index (χ0n) is 15.4. The van der Waals surface area contributed by atoms with Crippen molar-refractivity contribution >= 4 is 21.6 Å². The molecule has 0 spiro atoms. The first-order chi connectivity index (χ1) is 12.8. The standard InChI is InChI=1S/C18H25N3O5S/c1-14-8-4-6-12-19(14)18(22)16-10-5-7-13-20(16)27(25,26)17-11-3-2-9-15(17)21(23)24/h2-3,9,11,14,16H,4-8,10,12-13H2,1H3/t14-,16-/m1/s1. The van der Waals surface area contributed by atoms with E-state index in [-0.39, 0.29) is 23.4 Å². The number of para-hydroxylation sites is 1. The average Bonchev–Trinajstić information content (AvgIpc) is 2.68. The van der Waals surface area contributed by atoms with E-state index in [9.17, 15) is 23.3 Å². The molecule has 1 amide bonds. The van der Waals surface area contributed by atoms with Gasteiger partial charge in [-0.25, -0.2) is 8.42 Å². The second-order valence-electron chi connectivity index (χ2n) is 7.23. The van der Waals surface area contributed by atoms with E-state index in [4.69, 9.17) is 0 Å². The first-order valence-electron chi connectivity index (χ1n) is 9.40. The smallest absolute Gasteiger partial charge is 0.289 e. The van der Waals surface area contributed by atoms with E-state index in [1.54, 1.807) is 4.90 Å². The molecule has 0 aliphatic carbocycles. The van der Waals surface area contributed by atoms with Crippen molar-refractivity contribution in [3.63, 3.8) is 0 Å². The second kappa shape index (κ2) is 7.93. The predicted molar refractivity (Wildman–Crippen MR) is 99.7 cm³/mol. The fourth-order valence-electron chi connectivity index (χ4n) is 4.01. The van der Waals surface area contributed by atoms with Gasteiger partial charge < -0.3 is 4.90 Å². The van der Waals surface area contributed by atoms with E-state index >= 15 is 0 Å². The van der Waals surface area contributed by atoms with Gasteiger partial charge in [-0.3, -0.25) is 14.9 Å². The van der Waals surface area contributed by atoms with Crippen molar-refractivity contribution in [2.45, 2.75) is 62.4 Å². The molecule has 0 bridgehead atoms. The minimum Gasteiger partial charge on any atom is -0.339 e. The molecule has 2 fully saturated rings. The Labute approximate surface area is 159 Å². The lowest BCUT2D eigenvalue weighted by Crippen LogP contribution is -2.55. The molecule has 2 atom stereocenters. The number of nitro groups is 1. The first kappa shape index (κ1) is 19.8. The Hall–Kier alpha value is -2.00. The maximum atomic E-state index is 13.2. The molecule has 0 unspecified atom stereocenters. The van der Waals surface area contributed by atoms with Crippen molar-refractivity contribution in [3.05, 3.63) is 34.4 Å². The molecule has 2 aliphatic heterocycles. The second-order valence-corrected chi connectivity index (χ2v) is 9.09. The number of sulfonamides is 1. The van der Waals surface area contributed by atoms with Crippen LogP contribution in [0.1, 0.15) is 45.4 Å². The van der Waals surface area contributed by atoms with Gasteiger partial charge in [0.15, 0.2) is 4.90 Å². The van der Waals surface area contributed by atoms with Crippen LogP contribution >= 0.6 is 0 Å². The summed E-state index contributed by atoms with van der Waals surface area (Å²) >= 11 is 0. The summed E-state index contributed by atoms with van der Waals surface area (Å²) in [7, 11) is -4.14. The molecule has 0 aromatic heterocycles. The SMILES string of the molecule is C[C@@H]1CCCCN1C(=O)[C@H]1CCCCN1S(=O)(=O)c1ccccc1[N+](=O)[O-]. The van der Waals surface area contributed by atoms with Crippen molar-refractivity contribution in [2.24, 2.45) is 0 Å². The largest absolute Gasteiger partial charge is 0.339 e. The van der Waals surface area contributed by atoms with E-state index in [1.165, 1.54) is 28.6 Å².